The summed E-state index contributed by atoms with van der Waals surface area (Å²) in [4.78, 5) is 38.4. The molecule has 0 spiro atoms. The summed E-state index contributed by atoms with van der Waals surface area (Å²) in [7, 11) is 0. The number of nitrogens with one attached hydrogen (secondary N) is 2. The number of aryl methyl sites for hydroxylation is 1. The molecular formula is C22H22N4O4. The summed E-state index contributed by atoms with van der Waals surface area (Å²) in [6.07, 6.45) is 3.63. The Bertz CT molecular complexity index is 1120. The predicted octanol–water partition coefficient (Wildman–Crippen LogP) is 1.70. The van der Waals surface area contributed by atoms with Crippen LogP contribution in [0.1, 0.15) is 28.3 Å². The maximum absolute atomic E-state index is 12.3. The van der Waals surface area contributed by atoms with E-state index in [-0.39, 0.29) is 30.3 Å². The standard InChI is InChI=1S/C22H22N4O4/c27-20(15-25-13-5-7-16-6-1-2-8-18(16)25)23-24-22(29)19-11-10-17(30-19)14-26-12-4-3-9-21(26)28/h1-4,6,8-12H,5,7,13-15H2,(H,23,27)(H,24,29). The number of hydrogen-bond donors (Lipinski definition) is 2. The first-order valence-electron chi connectivity index (χ1n) is 9.76. The maximum atomic E-state index is 12.3. The summed E-state index contributed by atoms with van der Waals surface area (Å²) in [5, 5.41) is 0. The molecule has 0 aliphatic carbocycles. The summed E-state index contributed by atoms with van der Waals surface area (Å²) in [5.74, 6) is -0.362. The molecule has 1 aromatic carbocycles. The van der Waals surface area contributed by atoms with Crippen LogP contribution in [0.25, 0.3) is 0 Å². The van der Waals surface area contributed by atoms with E-state index in [0.29, 0.717) is 5.76 Å². The first kappa shape index (κ1) is 19.5. The van der Waals surface area contributed by atoms with Crippen molar-refractivity contribution in [3.05, 3.63) is 88.2 Å². The topological polar surface area (TPSA) is 96.6 Å². The Hall–Kier alpha value is -3.81. The zero-order chi connectivity index (χ0) is 20.9. The van der Waals surface area contributed by atoms with Gasteiger partial charge in [0.2, 0.25) is 0 Å². The molecule has 3 heterocycles. The zero-order valence-corrected chi connectivity index (χ0v) is 16.3. The number of hydrogen-bond acceptors (Lipinski definition) is 5. The number of benzene rings is 1. The average molecular weight is 406 g/mol. The van der Waals surface area contributed by atoms with Gasteiger partial charge in [0.05, 0.1) is 13.1 Å². The average Bonchev–Trinajstić information content (AvgIpc) is 3.23. The van der Waals surface area contributed by atoms with Crippen LogP contribution < -0.4 is 21.3 Å². The van der Waals surface area contributed by atoms with Gasteiger partial charge in [0.1, 0.15) is 5.76 Å². The number of para-hydroxylation sites is 1. The smallest absolute Gasteiger partial charge is 0.305 e. The van der Waals surface area contributed by atoms with E-state index in [1.165, 1.54) is 22.3 Å². The number of carbonyl (C=O) groups is 2. The van der Waals surface area contributed by atoms with E-state index in [2.05, 4.69) is 16.9 Å². The third kappa shape index (κ3) is 4.43. The van der Waals surface area contributed by atoms with Gasteiger partial charge in [0.25, 0.3) is 11.5 Å². The molecule has 0 atom stereocenters. The number of furan rings is 1. The molecule has 0 unspecified atom stereocenters. The van der Waals surface area contributed by atoms with Gasteiger partial charge in [0, 0.05) is 24.5 Å². The summed E-state index contributed by atoms with van der Waals surface area (Å²) in [5.41, 5.74) is 6.92. The molecule has 4 rings (SSSR count). The number of nitrogens with zero attached hydrogens (tertiary/aromatic N) is 2. The Morgan fingerprint density at radius 3 is 2.70 bits per heavy atom. The van der Waals surface area contributed by atoms with Gasteiger partial charge >= 0.3 is 5.91 Å². The minimum absolute atomic E-state index is 0.0533. The molecule has 2 N–H and O–H groups in total. The lowest BCUT2D eigenvalue weighted by Gasteiger charge is -2.30. The van der Waals surface area contributed by atoms with Crippen LogP contribution >= 0.6 is 0 Å². The third-order valence-corrected chi connectivity index (χ3v) is 4.97. The Balaban J connectivity index is 1.31. The molecule has 8 heteroatoms. The number of hydrazine groups is 1. The van der Waals surface area contributed by atoms with Crippen molar-refractivity contribution in [2.45, 2.75) is 19.4 Å². The Morgan fingerprint density at radius 1 is 1.00 bits per heavy atom. The van der Waals surface area contributed by atoms with Crippen molar-refractivity contribution in [1.82, 2.24) is 15.4 Å². The summed E-state index contributed by atoms with van der Waals surface area (Å²) in [6, 6.07) is 16.0. The van der Waals surface area contributed by atoms with E-state index in [9.17, 15) is 14.4 Å². The number of amides is 2. The van der Waals surface area contributed by atoms with Gasteiger partial charge in [-0.2, -0.15) is 0 Å². The second kappa shape index (κ2) is 8.69. The van der Waals surface area contributed by atoms with Gasteiger partial charge < -0.3 is 13.9 Å². The molecule has 8 nitrogen and oxygen atoms in total. The Labute approximate surface area is 173 Å². The van der Waals surface area contributed by atoms with Crippen LogP contribution in [0.4, 0.5) is 5.69 Å². The predicted molar refractivity (Wildman–Crippen MR) is 111 cm³/mol. The van der Waals surface area contributed by atoms with E-state index in [0.717, 1.165) is 25.1 Å². The SMILES string of the molecule is O=C(CN1CCCc2ccccc21)NNC(=O)c1ccc(Cn2ccccc2=O)o1. The quantitative estimate of drug-likeness (QED) is 0.629. The van der Waals surface area contributed by atoms with Crippen molar-refractivity contribution in [1.29, 1.82) is 0 Å². The highest BCUT2D eigenvalue weighted by Crippen LogP contribution is 2.26. The van der Waals surface area contributed by atoms with Crippen LogP contribution in [0.2, 0.25) is 0 Å². The number of carbonyl (C=O) groups excluding carboxylic acids is 2. The maximum Gasteiger partial charge on any atom is 0.305 e. The Kier molecular flexibility index (Phi) is 5.65. The lowest BCUT2D eigenvalue weighted by molar-refractivity contribution is -0.120. The van der Waals surface area contributed by atoms with E-state index in [1.807, 2.05) is 23.1 Å². The normalized spacial score (nSPS) is 12.9. The molecule has 0 bridgehead atoms. The van der Waals surface area contributed by atoms with Crippen molar-refractivity contribution >= 4 is 17.5 Å². The molecule has 3 aromatic rings. The van der Waals surface area contributed by atoms with E-state index in [1.54, 1.807) is 24.4 Å². The van der Waals surface area contributed by atoms with Gasteiger partial charge in [-0.15, -0.1) is 0 Å². The molecule has 154 valence electrons. The minimum atomic E-state index is -0.561. The molecule has 30 heavy (non-hydrogen) atoms. The summed E-state index contributed by atoms with van der Waals surface area (Å²) < 4.78 is 6.97. The lowest BCUT2D eigenvalue weighted by Crippen LogP contribution is -2.47. The van der Waals surface area contributed by atoms with Crippen LogP contribution in [0.5, 0.6) is 0 Å². The van der Waals surface area contributed by atoms with Gasteiger partial charge in [-0.25, -0.2) is 0 Å². The number of pyridine rings is 1. The summed E-state index contributed by atoms with van der Waals surface area (Å²) >= 11 is 0. The highest BCUT2D eigenvalue weighted by molar-refractivity contribution is 5.93. The van der Waals surface area contributed by atoms with E-state index >= 15 is 0 Å². The van der Waals surface area contributed by atoms with Crippen LogP contribution in [0.3, 0.4) is 0 Å². The molecule has 0 saturated heterocycles. The monoisotopic (exact) mass is 406 g/mol. The lowest BCUT2D eigenvalue weighted by atomic mass is 10.0. The van der Waals surface area contributed by atoms with Crippen LogP contribution in [0.15, 0.2) is 70.0 Å². The van der Waals surface area contributed by atoms with Crippen LogP contribution in [0, 0.1) is 0 Å². The summed E-state index contributed by atoms with van der Waals surface area (Å²) in [6.45, 7) is 1.16. The van der Waals surface area contributed by atoms with Crippen molar-refractivity contribution in [3.63, 3.8) is 0 Å². The fourth-order valence-electron chi connectivity index (χ4n) is 3.52. The molecule has 1 aliphatic heterocycles. The molecule has 0 saturated carbocycles. The van der Waals surface area contributed by atoms with Crippen molar-refractivity contribution < 1.29 is 14.0 Å². The van der Waals surface area contributed by atoms with Crippen molar-refractivity contribution in [2.24, 2.45) is 0 Å². The highest BCUT2D eigenvalue weighted by atomic mass is 16.4. The second-order valence-electron chi connectivity index (χ2n) is 7.09. The molecule has 0 fully saturated rings. The first-order chi connectivity index (χ1) is 14.6. The molecular weight excluding hydrogens is 384 g/mol. The highest BCUT2D eigenvalue weighted by Gasteiger charge is 2.19. The molecule has 0 radical (unpaired) electrons. The van der Waals surface area contributed by atoms with Gasteiger partial charge in [-0.3, -0.25) is 25.2 Å². The molecule has 1 aliphatic rings. The molecule has 2 aromatic heterocycles. The number of rotatable bonds is 5. The number of anilines is 1. The van der Waals surface area contributed by atoms with Crippen molar-refractivity contribution in [2.75, 3.05) is 18.0 Å². The second-order valence-corrected chi connectivity index (χ2v) is 7.09. The van der Waals surface area contributed by atoms with Gasteiger partial charge in [-0.05, 0) is 42.7 Å². The number of fused-ring (bicyclic) bond motifs is 1. The van der Waals surface area contributed by atoms with Crippen LogP contribution in [-0.2, 0) is 17.8 Å². The van der Waals surface area contributed by atoms with Crippen molar-refractivity contribution in [3.8, 4) is 0 Å². The van der Waals surface area contributed by atoms with Crippen LogP contribution in [-0.4, -0.2) is 29.5 Å². The third-order valence-electron chi connectivity index (χ3n) is 4.97. The largest absolute Gasteiger partial charge is 0.454 e. The zero-order valence-electron chi connectivity index (χ0n) is 16.3. The number of aromatic nitrogens is 1. The molecule has 2 amide bonds. The fraction of sp³-hybridized carbons (Fsp3) is 0.227. The van der Waals surface area contributed by atoms with Gasteiger partial charge in [-0.1, -0.05) is 24.3 Å². The van der Waals surface area contributed by atoms with E-state index in [4.69, 9.17) is 4.42 Å². The first-order valence-corrected chi connectivity index (χ1v) is 9.76. The fourth-order valence-corrected chi connectivity index (χ4v) is 3.52. The van der Waals surface area contributed by atoms with Gasteiger partial charge in [0.15, 0.2) is 5.76 Å². The Morgan fingerprint density at radius 2 is 1.83 bits per heavy atom. The van der Waals surface area contributed by atoms with E-state index < -0.39 is 5.91 Å². The minimum Gasteiger partial charge on any atom is -0.454 e.